The van der Waals surface area contributed by atoms with Crippen molar-refractivity contribution in [1.82, 2.24) is 10.2 Å². The quantitative estimate of drug-likeness (QED) is 0.563. The average molecular weight is 500 g/mol. The maximum absolute atomic E-state index is 13.7. The second-order valence-electron chi connectivity index (χ2n) is 10.3. The SMILES string of the molecule is NCC1CCN(CC(=O)Nc2cccc3c2C(=O)C2=C(c4ccc(N5CCNCC5)cc4)N=NC23)CC1. The monoisotopic (exact) mass is 499 g/mol. The third kappa shape index (κ3) is 4.58. The number of likely N-dealkylation sites (tertiary alicyclic amines) is 1. The minimum atomic E-state index is -0.419. The van der Waals surface area contributed by atoms with Gasteiger partial charge in [-0.2, -0.15) is 10.2 Å². The largest absolute Gasteiger partial charge is 0.369 e. The van der Waals surface area contributed by atoms with E-state index in [0.717, 1.165) is 63.2 Å². The van der Waals surface area contributed by atoms with Crippen molar-refractivity contribution in [3.05, 3.63) is 64.7 Å². The topological polar surface area (TPSA) is 115 Å². The molecule has 4 N–H and O–H groups in total. The maximum Gasteiger partial charge on any atom is 0.238 e. The van der Waals surface area contributed by atoms with E-state index in [0.29, 0.717) is 41.5 Å². The van der Waals surface area contributed by atoms with Gasteiger partial charge in [0.2, 0.25) is 5.91 Å². The van der Waals surface area contributed by atoms with Gasteiger partial charge in [0, 0.05) is 37.4 Å². The van der Waals surface area contributed by atoms with E-state index >= 15 is 0 Å². The summed E-state index contributed by atoms with van der Waals surface area (Å²) in [5, 5.41) is 15.3. The van der Waals surface area contributed by atoms with Gasteiger partial charge >= 0.3 is 0 Å². The normalized spacial score (nSPS) is 21.9. The highest BCUT2D eigenvalue weighted by atomic mass is 16.2. The number of carbonyl (C=O) groups is 2. The van der Waals surface area contributed by atoms with Gasteiger partial charge in [-0.1, -0.05) is 24.3 Å². The number of anilines is 2. The molecule has 1 aliphatic carbocycles. The van der Waals surface area contributed by atoms with Crippen LogP contribution < -0.4 is 21.3 Å². The van der Waals surface area contributed by atoms with Crippen molar-refractivity contribution in [2.45, 2.75) is 18.9 Å². The molecule has 0 spiro atoms. The van der Waals surface area contributed by atoms with Gasteiger partial charge in [-0.3, -0.25) is 14.5 Å². The Balaban J connectivity index is 1.20. The molecule has 2 aromatic rings. The first-order valence-corrected chi connectivity index (χ1v) is 13.2. The van der Waals surface area contributed by atoms with Gasteiger partial charge in [-0.25, -0.2) is 0 Å². The third-order valence-corrected chi connectivity index (χ3v) is 7.97. The smallest absolute Gasteiger partial charge is 0.238 e. The van der Waals surface area contributed by atoms with Crippen molar-refractivity contribution in [3.63, 3.8) is 0 Å². The predicted molar refractivity (Wildman–Crippen MR) is 144 cm³/mol. The number of piperidine rings is 1. The summed E-state index contributed by atoms with van der Waals surface area (Å²) in [4.78, 5) is 31.1. The van der Waals surface area contributed by atoms with E-state index < -0.39 is 6.04 Å². The van der Waals surface area contributed by atoms with Crippen molar-refractivity contribution in [3.8, 4) is 0 Å². The zero-order chi connectivity index (χ0) is 25.4. The molecule has 2 aromatic carbocycles. The lowest BCUT2D eigenvalue weighted by molar-refractivity contribution is -0.117. The Hall–Kier alpha value is -3.40. The number of hydrogen-bond donors (Lipinski definition) is 3. The Morgan fingerprint density at radius 3 is 2.54 bits per heavy atom. The molecule has 0 bridgehead atoms. The second kappa shape index (κ2) is 10.2. The van der Waals surface area contributed by atoms with E-state index in [1.54, 1.807) is 6.07 Å². The number of nitrogens with zero attached hydrogens (tertiary/aromatic N) is 4. The zero-order valence-corrected chi connectivity index (χ0v) is 20.9. The van der Waals surface area contributed by atoms with Crippen molar-refractivity contribution < 1.29 is 9.59 Å². The summed E-state index contributed by atoms with van der Waals surface area (Å²) in [5.74, 6) is 0.332. The number of carbonyl (C=O) groups excluding carboxylic acids is 2. The van der Waals surface area contributed by atoms with Gasteiger partial charge in [-0.05, 0) is 62.2 Å². The summed E-state index contributed by atoms with van der Waals surface area (Å²) < 4.78 is 0. The first-order valence-electron chi connectivity index (χ1n) is 13.2. The number of nitrogens with one attached hydrogen (secondary N) is 2. The fourth-order valence-electron chi connectivity index (χ4n) is 5.84. The number of benzene rings is 2. The van der Waals surface area contributed by atoms with Crippen molar-refractivity contribution >= 4 is 28.8 Å². The molecule has 0 radical (unpaired) electrons. The highest BCUT2D eigenvalue weighted by Crippen LogP contribution is 2.49. The predicted octanol–water partition coefficient (Wildman–Crippen LogP) is 2.82. The van der Waals surface area contributed by atoms with Crippen LogP contribution in [0.15, 0.2) is 58.3 Å². The highest BCUT2D eigenvalue weighted by molar-refractivity contribution is 6.22. The van der Waals surface area contributed by atoms with Gasteiger partial charge in [0.05, 0.1) is 23.4 Å². The van der Waals surface area contributed by atoms with Gasteiger partial charge in [0.25, 0.3) is 0 Å². The van der Waals surface area contributed by atoms with Crippen LogP contribution in [-0.2, 0) is 4.79 Å². The number of rotatable bonds is 6. The molecule has 192 valence electrons. The molecule has 9 nitrogen and oxygen atoms in total. The molecule has 1 amide bonds. The summed E-state index contributed by atoms with van der Waals surface area (Å²) in [7, 11) is 0. The Morgan fingerprint density at radius 2 is 1.81 bits per heavy atom. The average Bonchev–Trinajstić information content (AvgIpc) is 3.50. The molecule has 6 rings (SSSR count). The lowest BCUT2D eigenvalue weighted by Crippen LogP contribution is -2.43. The number of azo groups is 1. The lowest BCUT2D eigenvalue weighted by atomic mass is 9.97. The number of piperazine rings is 1. The zero-order valence-electron chi connectivity index (χ0n) is 20.9. The number of ketones is 1. The van der Waals surface area contributed by atoms with Crippen LogP contribution in [0, 0.1) is 5.92 Å². The molecule has 2 fully saturated rings. The number of Topliss-reactive ketones (excluding diaryl/α,β-unsaturated/α-hetero) is 1. The Bertz CT molecular complexity index is 1260. The molecule has 2 saturated heterocycles. The maximum atomic E-state index is 13.7. The number of amides is 1. The van der Waals surface area contributed by atoms with E-state index in [-0.39, 0.29) is 11.7 Å². The number of hydrogen-bond acceptors (Lipinski definition) is 8. The number of nitrogens with two attached hydrogens (primary N) is 1. The molecule has 0 saturated carbocycles. The molecule has 1 unspecified atom stereocenters. The van der Waals surface area contributed by atoms with Crippen LogP contribution in [0.1, 0.15) is 40.4 Å². The Kier molecular flexibility index (Phi) is 6.58. The fourth-order valence-corrected chi connectivity index (χ4v) is 5.84. The fraction of sp³-hybridized carbons (Fsp3) is 0.429. The first-order chi connectivity index (χ1) is 18.1. The molecule has 4 aliphatic rings. The third-order valence-electron chi connectivity index (χ3n) is 7.97. The van der Waals surface area contributed by atoms with E-state index in [2.05, 4.69) is 42.8 Å². The van der Waals surface area contributed by atoms with Crippen molar-refractivity contribution in [1.29, 1.82) is 0 Å². The van der Waals surface area contributed by atoms with Crippen LogP contribution in [0.3, 0.4) is 0 Å². The summed E-state index contributed by atoms with van der Waals surface area (Å²) in [6, 6.07) is 13.4. The Morgan fingerprint density at radius 1 is 1.05 bits per heavy atom. The van der Waals surface area contributed by atoms with E-state index in [1.807, 2.05) is 24.3 Å². The van der Waals surface area contributed by atoms with E-state index in [9.17, 15) is 9.59 Å². The molecule has 3 aliphatic heterocycles. The van der Waals surface area contributed by atoms with Gasteiger partial charge < -0.3 is 21.3 Å². The van der Waals surface area contributed by atoms with Crippen LogP contribution in [0.5, 0.6) is 0 Å². The van der Waals surface area contributed by atoms with Crippen LogP contribution in [0.2, 0.25) is 0 Å². The highest BCUT2D eigenvalue weighted by Gasteiger charge is 2.42. The standard InChI is InChI=1S/C28H33N7O2/c29-16-18-8-12-34(13-9-18)17-23(36)31-22-3-1-2-21-24(22)28(37)25-26(32-33-27(21)25)19-4-6-20(7-5-19)35-14-10-30-11-15-35/h1-7,18,27,30H,8-17,29H2,(H,31,36). The van der Waals surface area contributed by atoms with Gasteiger partial charge in [0.15, 0.2) is 5.78 Å². The minimum absolute atomic E-state index is 0.106. The van der Waals surface area contributed by atoms with Crippen LogP contribution in [0.25, 0.3) is 5.70 Å². The minimum Gasteiger partial charge on any atom is -0.369 e. The van der Waals surface area contributed by atoms with Gasteiger partial charge in [-0.15, -0.1) is 0 Å². The number of fused-ring (bicyclic) bond motifs is 3. The molecule has 9 heteroatoms. The molecular weight excluding hydrogens is 466 g/mol. The molecule has 1 atom stereocenters. The second-order valence-corrected chi connectivity index (χ2v) is 10.3. The molecule has 3 heterocycles. The first kappa shape index (κ1) is 24.0. The Labute approximate surface area is 216 Å². The molecular formula is C28H33N7O2. The van der Waals surface area contributed by atoms with E-state index in [4.69, 9.17) is 5.73 Å². The van der Waals surface area contributed by atoms with E-state index in [1.165, 1.54) is 5.69 Å². The van der Waals surface area contributed by atoms with Crippen LogP contribution in [-0.4, -0.2) is 68.9 Å². The summed E-state index contributed by atoms with van der Waals surface area (Å²) in [6.45, 7) is 6.66. The summed E-state index contributed by atoms with van der Waals surface area (Å²) >= 11 is 0. The summed E-state index contributed by atoms with van der Waals surface area (Å²) in [6.07, 6.45) is 2.03. The van der Waals surface area contributed by atoms with Crippen LogP contribution in [0.4, 0.5) is 11.4 Å². The molecule has 37 heavy (non-hydrogen) atoms. The lowest BCUT2D eigenvalue weighted by Gasteiger charge is -2.30. The van der Waals surface area contributed by atoms with Crippen molar-refractivity contribution in [2.24, 2.45) is 21.9 Å². The van der Waals surface area contributed by atoms with Crippen LogP contribution >= 0.6 is 0 Å². The summed E-state index contributed by atoms with van der Waals surface area (Å²) in [5.41, 5.74) is 10.9. The molecule has 0 aromatic heterocycles. The van der Waals surface area contributed by atoms with Gasteiger partial charge in [0.1, 0.15) is 11.7 Å². The van der Waals surface area contributed by atoms with Crippen molar-refractivity contribution in [2.75, 3.05) is 62.6 Å².